The predicted octanol–water partition coefficient (Wildman–Crippen LogP) is 2.19. The normalized spacial score (nSPS) is 31.2. The zero-order valence-corrected chi connectivity index (χ0v) is 7.02. The van der Waals surface area contributed by atoms with Crippen LogP contribution in [0.25, 0.3) is 0 Å². The van der Waals surface area contributed by atoms with Gasteiger partial charge >= 0.3 is 0 Å². The molecule has 0 aromatic carbocycles. The third kappa shape index (κ3) is 1.47. The highest BCUT2D eigenvalue weighted by Gasteiger charge is 2.51. The van der Waals surface area contributed by atoms with Crippen molar-refractivity contribution in [1.82, 2.24) is 0 Å². The summed E-state index contributed by atoms with van der Waals surface area (Å²) < 4.78 is 24.9. The molecule has 2 aliphatic carbocycles. The average Bonchev–Trinajstić information content (AvgIpc) is 2.66. The van der Waals surface area contributed by atoms with Gasteiger partial charge in [0.15, 0.2) is 0 Å². The predicted molar refractivity (Wildman–Crippen MR) is 41.0 cm³/mol. The standard InChI is InChI=1S/C9H14F2O/c10-9(11)4-7(5-9)3-8(6-12)1-2-8/h7,12H,1-6H2. The van der Waals surface area contributed by atoms with Crippen LogP contribution in [-0.2, 0) is 0 Å². The minimum Gasteiger partial charge on any atom is -0.396 e. The molecular weight excluding hydrogens is 162 g/mol. The summed E-state index contributed by atoms with van der Waals surface area (Å²) in [5, 5.41) is 8.97. The second kappa shape index (κ2) is 2.41. The molecule has 0 saturated heterocycles. The van der Waals surface area contributed by atoms with E-state index in [1.807, 2.05) is 0 Å². The number of aliphatic hydroxyl groups is 1. The molecule has 70 valence electrons. The van der Waals surface area contributed by atoms with E-state index in [4.69, 9.17) is 5.11 Å². The van der Waals surface area contributed by atoms with E-state index in [1.165, 1.54) is 0 Å². The fraction of sp³-hybridized carbons (Fsp3) is 1.00. The van der Waals surface area contributed by atoms with Gasteiger partial charge in [-0.25, -0.2) is 8.78 Å². The first-order chi connectivity index (χ1) is 5.55. The van der Waals surface area contributed by atoms with Crippen molar-refractivity contribution in [3.05, 3.63) is 0 Å². The van der Waals surface area contributed by atoms with Crippen molar-refractivity contribution in [1.29, 1.82) is 0 Å². The Morgan fingerprint density at radius 1 is 1.25 bits per heavy atom. The summed E-state index contributed by atoms with van der Waals surface area (Å²) in [6.07, 6.45) is 2.99. The lowest BCUT2D eigenvalue weighted by Crippen LogP contribution is -2.37. The minimum absolute atomic E-state index is 0.0503. The highest BCUT2D eigenvalue weighted by Crippen LogP contribution is 2.55. The Morgan fingerprint density at radius 3 is 2.17 bits per heavy atom. The lowest BCUT2D eigenvalue weighted by Gasteiger charge is -2.36. The first kappa shape index (κ1) is 8.42. The van der Waals surface area contributed by atoms with E-state index in [-0.39, 0.29) is 30.8 Å². The molecule has 2 aliphatic rings. The van der Waals surface area contributed by atoms with E-state index in [0.717, 1.165) is 19.3 Å². The maximum atomic E-state index is 12.4. The fourth-order valence-corrected chi connectivity index (χ4v) is 2.15. The number of hydrogen-bond acceptors (Lipinski definition) is 1. The molecule has 2 fully saturated rings. The van der Waals surface area contributed by atoms with Gasteiger partial charge in [-0.05, 0) is 30.6 Å². The van der Waals surface area contributed by atoms with Gasteiger partial charge < -0.3 is 5.11 Å². The Morgan fingerprint density at radius 2 is 1.83 bits per heavy atom. The van der Waals surface area contributed by atoms with Crippen molar-refractivity contribution in [2.75, 3.05) is 6.61 Å². The van der Waals surface area contributed by atoms with Gasteiger partial charge in [0.1, 0.15) is 0 Å². The van der Waals surface area contributed by atoms with Crippen LogP contribution in [-0.4, -0.2) is 17.6 Å². The van der Waals surface area contributed by atoms with Gasteiger partial charge in [0, 0.05) is 19.4 Å². The largest absolute Gasteiger partial charge is 0.396 e. The van der Waals surface area contributed by atoms with Crippen LogP contribution >= 0.6 is 0 Å². The number of alkyl halides is 2. The van der Waals surface area contributed by atoms with Crippen LogP contribution < -0.4 is 0 Å². The monoisotopic (exact) mass is 176 g/mol. The Labute approximate surface area is 70.8 Å². The third-order valence-electron chi connectivity index (χ3n) is 3.19. The maximum Gasteiger partial charge on any atom is 0.248 e. The molecule has 0 spiro atoms. The summed E-state index contributed by atoms with van der Waals surface area (Å²) >= 11 is 0. The molecule has 3 heteroatoms. The van der Waals surface area contributed by atoms with Crippen molar-refractivity contribution in [2.45, 2.75) is 38.0 Å². The maximum absolute atomic E-state index is 12.4. The molecule has 0 aromatic rings. The van der Waals surface area contributed by atoms with Gasteiger partial charge in [0.2, 0.25) is 5.92 Å². The van der Waals surface area contributed by atoms with E-state index < -0.39 is 5.92 Å². The molecule has 0 amide bonds. The molecule has 1 N–H and O–H groups in total. The van der Waals surface area contributed by atoms with Crippen molar-refractivity contribution >= 4 is 0 Å². The van der Waals surface area contributed by atoms with Crippen LogP contribution in [0.1, 0.15) is 32.1 Å². The van der Waals surface area contributed by atoms with Gasteiger partial charge in [-0.1, -0.05) is 0 Å². The zero-order valence-electron chi connectivity index (χ0n) is 7.02. The Kier molecular flexibility index (Phi) is 1.69. The summed E-state index contributed by atoms with van der Waals surface area (Å²) in [5.41, 5.74) is 0.0567. The van der Waals surface area contributed by atoms with Gasteiger partial charge in [0.05, 0.1) is 0 Å². The Balaban J connectivity index is 1.76. The second-order valence-electron chi connectivity index (χ2n) is 4.49. The van der Waals surface area contributed by atoms with Crippen LogP contribution in [0.15, 0.2) is 0 Å². The SMILES string of the molecule is OCC1(CC2CC(F)(F)C2)CC1. The molecule has 0 unspecified atom stereocenters. The van der Waals surface area contributed by atoms with Crippen molar-refractivity contribution < 1.29 is 13.9 Å². The molecule has 2 rings (SSSR count). The lowest BCUT2D eigenvalue weighted by atomic mass is 9.75. The number of hydrogen-bond donors (Lipinski definition) is 1. The highest BCUT2D eigenvalue weighted by atomic mass is 19.3. The Bertz CT molecular complexity index is 179. The molecule has 0 heterocycles. The summed E-state index contributed by atoms with van der Waals surface area (Å²) in [5.74, 6) is -2.22. The first-order valence-corrected chi connectivity index (χ1v) is 4.54. The van der Waals surface area contributed by atoms with Crippen LogP contribution in [0.3, 0.4) is 0 Å². The first-order valence-electron chi connectivity index (χ1n) is 4.54. The number of rotatable bonds is 3. The van der Waals surface area contributed by atoms with Gasteiger partial charge in [0.25, 0.3) is 0 Å². The molecule has 12 heavy (non-hydrogen) atoms. The van der Waals surface area contributed by atoms with Crippen molar-refractivity contribution in [3.8, 4) is 0 Å². The van der Waals surface area contributed by atoms with Crippen molar-refractivity contribution in [3.63, 3.8) is 0 Å². The number of halogens is 2. The summed E-state index contributed by atoms with van der Waals surface area (Å²) in [4.78, 5) is 0. The summed E-state index contributed by atoms with van der Waals surface area (Å²) in [6, 6.07) is 0. The molecule has 0 aromatic heterocycles. The molecule has 1 nitrogen and oxygen atoms in total. The molecule has 0 radical (unpaired) electrons. The smallest absolute Gasteiger partial charge is 0.248 e. The second-order valence-corrected chi connectivity index (χ2v) is 4.49. The highest BCUT2D eigenvalue weighted by molar-refractivity contribution is 4.98. The lowest BCUT2D eigenvalue weighted by molar-refractivity contribution is -0.117. The fourth-order valence-electron chi connectivity index (χ4n) is 2.15. The molecule has 0 atom stereocenters. The number of aliphatic hydroxyl groups excluding tert-OH is 1. The quantitative estimate of drug-likeness (QED) is 0.698. The van der Waals surface area contributed by atoms with E-state index >= 15 is 0 Å². The van der Waals surface area contributed by atoms with Crippen LogP contribution in [0.4, 0.5) is 8.78 Å². The zero-order chi connectivity index (χ0) is 8.82. The van der Waals surface area contributed by atoms with E-state index in [0.29, 0.717) is 0 Å². The van der Waals surface area contributed by atoms with Crippen LogP contribution in [0, 0.1) is 11.3 Å². The minimum atomic E-state index is -2.39. The Hall–Kier alpha value is -0.180. The van der Waals surface area contributed by atoms with E-state index in [9.17, 15) is 8.78 Å². The van der Waals surface area contributed by atoms with E-state index in [1.54, 1.807) is 0 Å². The average molecular weight is 176 g/mol. The summed E-state index contributed by atoms with van der Waals surface area (Å²) in [6.45, 7) is 0.190. The molecule has 2 saturated carbocycles. The third-order valence-corrected chi connectivity index (χ3v) is 3.19. The molecular formula is C9H14F2O. The van der Waals surface area contributed by atoms with Crippen LogP contribution in [0.2, 0.25) is 0 Å². The topological polar surface area (TPSA) is 20.2 Å². The van der Waals surface area contributed by atoms with Crippen LogP contribution in [0.5, 0.6) is 0 Å². The molecule has 0 bridgehead atoms. The molecule has 0 aliphatic heterocycles. The summed E-state index contributed by atoms with van der Waals surface area (Å²) in [7, 11) is 0. The van der Waals surface area contributed by atoms with Gasteiger partial charge in [-0.15, -0.1) is 0 Å². The van der Waals surface area contributed by atoms with Gasteiger partial charge in [-0.2, -0.15) is 0 Å². The van der Waals surface area contributed by atoms with Crippen molar-refractivity contribution in [2.24, 2.45) is 11.3 Å². The van der Waals surface area contributed by atoms with E-state index in [2.05, 4.69) is 0 Å². The van der Waals surface area contributed by atoms with Gasteiger partial charge in [-0.3, -0.25) is 0 Å².